The maximum absolute atomic E-state index is 14.5. The van der Waals surface area contributed by atoms with Crippen LogP contribution in [-0.2, 0) is 0 Å². The van der Waals surface area contributed by atoms with Crippen LogP contribution in [0.5, 0.6) is 0 Å². The molecular formula is C20H19F3IN5O4. The highest BCUT2D eigenvalue weighted by Crippen LogP contribution is 2.31. The number of carbonyl (C=O) groups is 1. The molecule has 1 aliphatic heterocycles. The number of aliphatic hydroxyl groups is 1. The molecule has 176 valence electrons. The highest BCUT2D eigenvalue weighted by atomic mass is 127. The molecule has 1 aliphatic rings. The number of benzene rings is 2. The largest absolute Gasteiger partial charge is 0.384 e. The standard InChI is InChI=1S/C20H19F3IN5O4/c1-25-16(7-29(32)33)26-8-20(31)9-28(10-20)19(30)12-3-4-13(21)17(23)18(12)27-15-5-2-11(24)6-14(15)22/h2-7,25-27,31H,8-10H2,1H3/b16-7+. The molecule has 0 atom stereocenters. The number of hydrogen-bond acceptors (Lipinski definition) is 7. The Bertz CT molecular complexity index is 1130. The molecule has 4 N–H and O–H groups in total. The molecule has 0 bridgehead atoms. The Balaban J connectivity index is 1.76. The second-order valence-electron chi connectivity index (χ2n) is 7.35. The Kier molecular flexibility index (Phi) is 7.31. The molecule has 9 nitrogen and oxygen atoms in total. The van der Waals surface area contributed by atoms with Gasteiger partial charge in [0.2, 0.25) is 0 Å². The average molecular weight is 577 g/mol. The predicted octanol–water partition coefficient (Wildman–Crippen LogP) is 2.52. The molecule has 0 saturated carbocycles. The number of amides is 1. The van der Waals surface area contributed by atoms with Gasteiger partial charge in [-0.15, -0.1) is 0 Å². The van der Waals surface area contributed by atoms with Crippen molar-refractivity contribution in [3.05, 3.63) is 79.1 Å². The van der Waals surface area contributed by atoms with Crippen LogP contribution >= 0.6 is 22.6 Å². The van der Waals surface area contributed by atoms with Gasteiger partial charge >= 0.3 is 0 Å². The first-order valence-corrected chi connectivity index (χ1v) is 10.6. The van der Waals surface area contributed by atoms with Gasteiger partial charge in [0.1, 0.15) is 11.4 Å². The first-order chi connectivity index (χ1) is 15.5. The van der Waals surface area contributed by atoms with E-state index in [0.717, 1.165) is 12.1 Å². The van der Waals surface area contributed by atoms with E-state index in [1.807, 2.05) is 22.6 Å². The SMILES string of the molecule is CN/C(=C\[N+](=O)[O-])NCC1(O)CN(C(=O)c2ccc(F)c(F)c2Nc2ccc(I)cc2F)C1. The molecule has 2 aromatic carbocycles. The van der Waals surface area contributed by atoms with Crippen LogP contribution in [-0.4, -0.2) is 53.1 Å². The Morgan fingerprint density at radius 2 is 1.97 bits per heavy atom. The van der Waals surface area contributed by atoms with Gasteiger partial charge in [0.25, 0.3) is 12.1 Å². The molecule has 1 fully saturated rings. The van der Waals surface area contributed by atoms with E-state index >= 15 is 0 Å². The van der Waals surface area contributed by atoms with Gasteiger partial charge in [-0.3, -0.25) is 14.9 Å². The molecule has 1 heterocycles. The second-order valence-corrected chi connectivity index (χ2v) is 8.60. The highest BCUT2D eigenvalue weighted by molar-refractivity contribution is 14.1. The van der Waals surface area contributed by atoms with Crippen molar-refractivity contribution in [2.24, 2.45) is 0 Å². The number of nitro groups is 1. The molecule has 1 saturated heterocycles. The van der Waals surface area contributed by atoms with Crippen molar-refractivity contribution in [2.45, 2.75) is 5.60 Å². The van der Waals surface area contributed by atoms with E-state index in [1.54, 1.807) is 6.07 Å². The summed E-state index contributed by atoms with van der Waals surface area (Å²) >= 11 is 1.89. The van der Waals surface area contributed by atoms with Crippen molar-refractivity contribution in [3.8, 4) is 0 Å². The van der Waals surface area contributed by atoms with Gasteiger partial charge in [-0.2, -0.15) is 0 Å². The van der Waals surface area contributed by atoms with Crippen molar-refractivity contribution < 1.29 is 28.0 Å². The number of nitrogens with zero attached hydrogens (tertiary/aromatic N) is 2. The van der Waals surface area contributed by atoms with Crippen LogP contribution in [0.3, 0.4) is 0 Å². The Hall–Kier alpha value is -3.07. The molecule has 0 aromatic heterocycles. The third-order valence-electron chi connectivity index (χ3n) is 4.89. The molecule has 3 rings (SSSR count). The molecule has 13 heteroatoms. The van der Waals surface area contributed by atoms with Crippen LogP contribution in [0.1, 0.15) is 10.4 Å². The summed E-state index contributed by atoms with van der Waals surface area (Å²) in [6, 6.07) is 5.94. The van der Waals surface area contributed by atoms with E-state index in [1.165, 1.54) is 24.1 Å². The molecule has 0 radical (unpaired) electrons. The highest BCUT2D eigenvalue weighted by Gasteiger charge is 2.44. The summed E-state index contributed by atoms with van der Waals surface area (Å²) in [5.41, 5.74) is -2.31. The molecule has 0 unspecified atom stereocenters. The minimum atomic E-state index is -1.39. The number of rotatable bonds is 8. The molecule has 2 aromatic rings. The summed E-state index contributed by atoms with van der Waals surface area (Å²) in [5, 5.41) is 28.8. The van der Waals surface area contributed by atoms with Gasteiger partial charge in [0, 0.05) is 17.2 Å². The second kappa shape index (κ2) is 9.82. The lowest BCUT2D eigenvalue weighted by Crippen LogP contribution is -2.67. The fraction of sp³-hybridized carbons (Fsp3) is 0.250. The molecule has 1 amide bonds. The van der Waals surface area contributed by atoms with Crippen molar-refractivity contribution in [1.82, 2.24) is 15.5 Å². The summed E-state index contributed by atoms with van der Waals surface area (Å²) in [6.07, 6.45) is 0.688. The van der Waals surface area contributed by atoms with Gasteiger partial charge in [0.15, 0.2) is 17.5 Å². The van der Waals surface area contributed by atoms with Gasteiger partial charge in [-0.25, -0.2) is 13.2 Å². The van der Waals surface area contributed by atoms with Crippen LogP contribution in [0, 0.1) is 31.1 Å². The lowest BCUT2D eigenvalue weighted by Gasteiger charge is -2.46. The predicted molar refractivity (Wildman–Crippen MR) is 122 cm³/mol. The first kappa shape index (κ1) is 24.6. The van der Waals surface area contributed by atoms with Crippen molar-refractivity contribution >= 4 is 39.9 Å². The molecule has 33 heavy (non-hydrogen) atoms. The Labute approximate surface area is 199 Å². The van der Waals surface area contributed by atoms with Crippen molar-refractivity contribution in [2.75, 3.05) is 32.0 Å². The van der Waals surface area contributed by atoms with Crippen molar-refractivity contribution in [3.63, 3.8) is 0 Å². The summed E-state index contributed by atoms with van der Waals surface area (Å²) < 4.78 is 43.2. The summed E-state index contributed by atoms with van der Waals surface area (Å²) in [5.74, 6) is -3.93. The van der Waals surface area contributed by atoms with E-state index in [-0.39, 0.29) is 36.7 Å². The molecule has 0 aliphatic carbocycles. The normalized spacial score (nSPS) is 15.0. The first-order valence-electron chi connectivity index (χ1n) is 9.51. The van der Waals surface area contributed by atoms with E-state index in [0.29, 0.717) is 9.77 Å². The molecular weight excluding hydrogens is 558 g/mol. The fourth-order valence-electron chi connectivity index (χ4n) is 3.23. The number of anilines is 2. The zero-order valence-corrected chi connectivity index (χ0v) is 19.3. The van der Waals surface area contributed by atoms with Crippen LogP contribution < -0.4 is 16.0 Å². The maximum atomic E-state index is 14.5. The lowest BCUT2D eigenvalue weighted by atomic mass is 9.92. The number of likely N-dealkylation sites (tertiary alicyclic amines) is 1. The van der Waals surface area contributed by atoms with Gasteiger partial charge < -0.3 is 26.0 Å². The van der Waals surface area contributed by atoms with Gasteiger partial charge in [0.05, 0.1) is 35.0 Å². The third-order valence-corrected chi connectivity index (χ3v) is 5.56. The molecule has 0 spiro atoms. The minimum Gasteiger partial charge on any atom is -0.384 e. The Morgan fingerprint density at radius 3 is 2.58 bits per heavy atom. The van der Waals surface area contributed by atoms with Gasteiger partial charge in [-0.1, -0.05) is 0 Å². The minimum absolute atomic E-state index is 0.0600. The third kappa shape index (κ3) is 5.65. The zero-order chi connectivity index (χ0) is 24.3. The summed E-state index contributed by atoms with van der Waals surface area (Å²) in [4.78, 5) is 24.0. The fourth-order valence-corrected chi connectivity index (χ4v) is 3.68. The van der Waals surface area contributed by atoms with E-state index in [4.69, 9.17) is 0 Å². The van der Waals surface area contributed by atoms with Crippen LogP contribution in [0.4, 0.5) is 24.5 Å². The smallest absolute Gasteiger partial charge is 0.274 e. The van der Waals surface area contributed by atoms with E-state index in [9.17, 15) is 33.2 Å². The average Bonchev–Trinajstić information content (AvgIpc) is 2.73. The summed E-state index contributed by atoms with van der Waals surface area (Å²) in [6.45, 7) is -0.427. The number of halogens is 4. The maximum Gasteiger partial charge on any atom is 0.274 e. The van der Waals surface area contributed by atoms with E-state index < -0.39 is 39.6 Å². The number of β-amino-alcohol motifs (C(OH)–C–C–N with tert-alkyl or cyclic N) is 1. The zero-order valence-electron chi connectivity index (χ0n) is 17.2. The lowest BCUT2D eigenvalue weighted by molar-refractivity contribution is -0.404. The summed E-state index contributed by atoms with van der Waals surface area (Å²) in [7, 11) is 1.46. The van der Waals surface area contributed by atoms with Crippen LogP contribution in [0.15, 0.2) is 42.4 Å². The Morgan fingerprint density at radius 1 is 1.27 bits per heavy atom. The quantitative estimate of drug-likeness (QED) is 0.216. The number of carbonyl (C=O) groups excluding carboxylic acids is 1. The topological polar surface area (TPSA) is 120 Å². The van der Waals surface area contributed by atoms with Crippen LogP contribution in [0.2, 0.25) is 0 Å². The number of hydrogen-bond donors (Lipinski definition) is 4. The van der Waals surface area contributed by atoms with Crippen molar-refractivity contribution in [1.29, 1.82) is 0 Å². The number of nitrogens with one attached hydrogen (secondary N) is 3. The monoisotopic (exact) mass is 577 g/mol. The van der Waals surface area contributed by atoms with Gasteiger partial charge in [-0.05, 0) is 52.9 Å². The van der Waals surface area contributed by atoms with E-state index in [2.05, 4.69) is 16.0 Å². The van der Waals surface area contributed by atoms with Crippen LogP contribution in [0.25, 0.3) is 0 Å².